The van der Waals surface area contributed by atoms with E-state index in [-0.39, 0.29) is 22.8 Å². The summed E-state index contributed by atoms with van der Waals surface area (Å²) in [6.45, 7) is 4.11. The average Bonchev–Trinajstić information content (AvgIpc) is 2.54. The lowest BCUT2D eigenvalue weighted by atomic mass is 10.1. The molecule has 0 aliphatic carbocycles. The first-order chi connectivity index (χ1) is 8.91. The van der Waals surface area contributed by atoms with E-state index in [1.807, 2.05) is 6.92 Å². The van der Waals surface area contributed by atoms with Gasteiger partial charge in [-0.05, 0) is 26.7 Å². The molecule has 1 saturated heterocycles. The Morgan fingerprint density at radius 1 is 1.42 bits per heavy atom. The summed E-state index contributed by atoms with van der Waals surface area (Å²) in [7, 11) is 0. The molecule has 4 nitrogen and oxygen atoms in total. The van der Waals surface area contributed by atoms with E-state index in [0.29, 0.717) is 22.6 Å². The van der Waals surface area contributed by atoms with Gasteiger partial charge in [0.15, 0.2) is 0 Å². The third kappa shape index (κ3) is 5.81. The van der Waals surface area contributed by atoms with Gasteiger partial charge in [0.25, 0.3) is 0 Å². The van der Waals surface area contributed by atoms with Crippen molar-refractivity contribution in [2.24, 2.45) is 0 Å². The lowest BCUT2D eigenvalue weighted by molar-refractivity contribution is -0.138. The average molecular weight is 397 g/mol. The molecule has 2 atom stereocenters. The van der Waals surface area contributed by atoms with Crippen LogP contribution in [0, 0.1) is 0 Å². The second kappa shape index (κ2) is 8.24. The van der Waals surface area contributed by atoms with E-state index in [9.17, 15) is 14.4 Å². The number of hydrogen-bond acceptors (Lipinski definition) is 4. The molecule has 1 aliphatic rings. The van der Waals surface area contributed by atoms with Crippen LogP contribution in [-0.4, -0.2) is 37.5 Å². The molecule has 0 aromatic carbocycles. The Hall–Kier alpha value is -0.110. The van der Waals surface area contributed by atoms with Crippen LogP contribution < -0.4 is 0 Å². The van der Waals surface area contributed by atoms with Crippen LogP contribution in [0.1, 0.15) is 46.0 Å². The van der Waals surface area contributed by atoms with Crippen LogP contribution in [0.15, 0.2) is 0 Å². The van der Waals surface area contributed by atoms with Gasteiger partial charge in [0.05, 0.1) is 8.51 Å². The number of nitrogens with zero attached hydrogens (tertiary/aromatic N) is 1. The van der Waals surface area contributed by atoms with Crippen LogP contribution in [-0.2, 0) is 14.4 Å². The Morgan fingerprint density at radius 3 is 2.68 bits per heavy atom. The maximum absolute atomic E-state index is 12.1. The highest BCUT2D eigenvalue weighted by molar-refractivity contribution is 14.1. The maximum atomic E-state index is 12.1. The highest BCUT2D eigenvalue weighted by Gasteiger charge is 2.38. The number of imide groups is 1. The number of amides is 2. The van der Waals surface area contributed by atoms with Crippen molar-refractivity contribution < 1.29 is 14.4 Å². The minimum absolute atomic E-state index is 0.0370. The molecule has 0 aromatic rings. The van der Waals surface area contributed by atoms with Gasteiger partial charge >= 0.3 is 0 Å². The lowest BCUT2D eigenvalue weighted by Crippen LogP contribution is -2.32. The number of alkyl halides is 1. The van der Waals surface area contributed by atoms with E-state index in [2.05, 4.69) is 22.6 Å². The topological polar surface area (TPSA) is 54.5 Å². The number of hydrogen-bond donors (Lipinski definition) is 0. The number of thioether (sulfide) groups is 1. The number of unbranched alkanes of at least 4 members (excludes halogenated alkanes) is 2. The Bertz CT molecular complexity index is 360. The van der Waals surface area contributed by atoms with E-state index in [1.54, 1.807) is 18.7 Å². The number of rotatable bonds is 8. The van der Waals surface area contributed by atoms with Gasteiger partial charge in [0.2, 0.25) is 11.8 Å². The molecular weight excluding hydrogens is 377 g/mol. The van der Waals surface area contributed by atoms with Crippen molar-refractivity contribution in [2.75, 3.05) is 6.54 Å². The molecule has 2 unspecified atom stereocenters. The summed E-state index contributed by atoms with van der Waals surface area (Å²) in [5.41, 5.74) is 0. The third-order valence-corrected chi connectivity index (χ3v) is 4.92. The van der Waals surface area contributed by atoms with Crippen molar-refractivity contribution in [3.63, 3.8) is 0 Å². The maximum Gasteiger partial charge on any atom is 0.242 e. The van der Waals surface area contributed by atoms with Crippen LogP contribution >= 0.6 is 34.4 Å². The first kappa shape index (κ1) is 16.9. The van der Waals surface area contributed by atoms with E-state index in [0.717, 1.165) is 19.3 Å². The molecule has 108 valence electrons. The summed E-state index contributed by atoms with van der Waals surface area (Å²) < 4.78 is 0.329. The van der Waals surface area contributed by atoms with E-state index < -0.39 is 0 Å². The van der Waals surface area contributed by atoms with Crippen LogP contribution in [0.4, 0.5) is 0 Å². The highest BCUT2D eigenvalue weighted by Crippen LogP contribution is 2.31. The Balaban J connectivity index is 2.31. The van der Waals surface area contributed by atoms with Gasteiger partial charge in [-0.3, -0.25) is 14.5 Å². The van der Waals surface area contributed by atoms with Crippen LogP contribution in [0.5, 0.6) is 0 Å². The lowest BCUT2D eigenvalue weighted by Gasteiger charge is -2.15. The predicted molar refractivity (Wildman–Crippen MR) is 85.3 cm³/mol. The van der Waals surface area contributed by atoms with Crippen LogP contribution in [0.25, 0.3) is 0 Å². The van der Waals surface area contributed by atoms with Crippen molar-refractivity contribution in [1.82, 2.24) is 4.90 Å². The second-order valence-electron chi connectivity index (χ2n) is 4.77. The number of carbonyl (C=O) groups excluding carboxylic acids is 3. The van der Waals surface area contributed by atoms with E-state index in [4.69, 9.17) is 0 Å². The van der Waals surface area contributed by atoms with Gasteiger partial charge < -0.3 is 4.79 Å². The number of Topliss-reactive ketones (excluding diaryl/α,β-unsaturated/α-hetero) is 1. The number of halogens is 1. The second-order valence-corrected chi connectivity index (χ2v) is 9.03. The summed E-state index contributed by atoms with van der Waals surface area (Å²) in [4.78, 5) is 36.0. The minimum atomic E-state index is -0.198. The Morgan fingerprint density at radius 2 is 2.11 bits per heavy atom. The molecule has 0 spiro atoms. The normalized spacial score (nSPS) is 21.0. The monoisotopic (exact) mass is 397 g/mol. The number of likely N-dealkylation sites (tertiary alicyclic amines) is 1. The highest BCUT2D eigenvalue weighted by atomic mass is 127. The SMILES string of the molecule is CC(=O)CCCCCN1C(=O)CC(SC(C)I)C1=O. The van der Waals surface area contributed by atoms with Gasteiger partial charge in [0, 0.05) is 19.4 Å². The fourth-order valence-electron chi connectivity index (χ4n) is 2.04. The largest absolute Gasteiger partial charge is 0.300 e. The quantitative estimate of drug-likeness (QED) is 0.274. The first-order valence-electron chi connectivity index (χ1n) is 6.55. The smallest absolute Gasteiger partial charge is 0.242 e. The zero-order valence-electron chi connectivity index (χ0n) is 11.4. The first-order valence-corrected chi connectivity index (χ1v) is 8.74. The van der Waals surface area contributed by atoms with Gasteiger partial charge in [-0.25, -0.2) is 0 Å². The number of ketones is 1. The Kier molecular flexibility index (Phi) is 7.35. The summed E-state index contributed by atoms with van der Waals surface area (Å²) in [5, 5.41) is -0.198. The van der Waals surface area contributed by atoms with Crippen molar-refractivity contribution in [2.45, 2.75) is 54.5 Å². The van der Waals surface area contributed by atoms with E-state index >= 15 is 0 Å². The fraction of sp³-hybridized carbons (Fsp3) is 0.769. The molecule has 19 heavy (non-hydrogen) atoms. The molecule has 2 amide bonds. The summed E-state index contributed by atoms with van der Waals surface area (Å²) in [6, 6.07) is 0. The van der Waals surface area contributed by atoms with Gasteiger partial charge in [-0.2, -0.15) is 0 Å². The fourth-order valence-corrected chi connectivity index (χ4v) is 4.04. The predicted octanol–water partition coefficient (Wildman–Crippen LogP) is 2.78. The van der Waals surface area contributed by atoms with Crippen molar-refractivity contribution in [1.29, 1.82) is 0 Å². The third-order valence-electron chi connectivity index (χ3n) is 2.96. The molecule has 0 saturated carbocycles. The molecule has 1 rings (SSSR count). The van der Waals surface area contributed by atoms with Crippen molar-refractivity contribution >= 4 is 52.0 Å². The van der Waals surface area contributed by atoms with Crippen LogP contribution in [0.3, 0.4) is 0 Å². The minimum Gasteiger partial charge on any atom is -0.300 e. The van der Waals surface area contributed by atoms with Crippen molar-refractivity contribution in [3.05, 3.63) is 0 Å². The van der Waals surface area contributed by atoms with E-state index in [1.165, 1.54) is 4.90 Å². The molecule has 6 heteroatoms. The number of carbonyl (C=O) groups is 3. The molecule has 0 bridgehead atoms. The molecule has 1 heterocycles. The molecule has 0 N–H and O–H groups in total. The molecule has 1 aliphatic heterocycles. The Labute approximate surface area is 132 Å². The van der Waals surface area contributed by atoms with Gasteiger partial charge in [-0.1, -0.05) is 29.0 Å². The van der Waals surface area contributed by atoms with Gasteiger partial charge in [-0.15, -0.1) is 11.8 Å². The van der Waals surface area contributed by atoms with Gasteiger partial charge in [0.1, 0.15) is 5.78 Å². The molecule has 0 radical (unpaired) electrons. The van der Waals surface area contributed by atoms with Crippen LogP contribution in [0.2, 0.25) is 0 Å². The zero-order valence-corrected chi connectivity index (χ0v) is 14.3. The zero-order chi connectivity index (χ0) is 14.4. The molecule has 0 aromatic heterocycles. The van der Waals surface area contributed by atoms with Crippen molar-refractivity contribution in [3.8, 4) is 0 Å². The molecule has 1 fully saturated rings. The summed E-state index contributed by atoms with van der Waals surface area (Å²) >= 11 is 3.81. The summed E-state index contributed by atoms with van der Waals surface area (Å²) in [6.07, 6.45) is 3.45. The summed E-state index contributed by atoms with van der Waals surface area (Å²) in [5.74, 6) is 0.108. The standard InChI is InChI=1S/C13H20INO3S/c1-9(16)6-4-3-5-7-15-12(17)8-11(13(15)18)19-10(2)14/h10-11H,3-8H2,1-2H3. The molecular formula is C13H20INO3S.